The van der Waals surface area contributed by atoms with E-state index in [-0.39, 0.29) is 35.3 Å². The summed E-state index contributed by atoms with van der Waals surface area (Å²) >= 11 is 6.07. The largest absolute Gasteiger partial charge is 0.487 e. The molecule has 3 N–H and O–H groups in total. The molecule has 3 aromatic rings. The Morgan fingerprint density at radius 1 is 1.06 bits per heavy atom. The number of sulfonamides is 1. The normalized spacial score (nSPS) is 10.9. The lowest BCUT2D eigenvalue weighted by atomic mass is 10.1. The number of nitrogens with two attached hydrogens (primary N) is 1. The summed E-state index contributed by atoms with van der Waals surface area (Å²) in [5, 5.41) is 17.6. The minimum Gasteiger partial charge on any atom is -0.487 e. The minimum absolute atomic E-state index is 0.0133. The first-order valence-corrected chi connectivity index (χ1v) is 11.0. The van der Waals surface area contributed by atoms with Crippen LogP contribution in [-0.2, 0) is 27.8 Å². The molecule has 0 aliphatic carbocycles. The average Bonchev–Trinajstić information content (AvgIpc) is 2.74. The summed E-state index contributed by atoms with van der Waals surface area (Å²) in [7, 11) is -4.14. The number of anilines is 1. The standard InChI is InChI=1S/C22H18ClN3O4S/c23-19-8-4-3-5-15(19)11-22(27)26-18-9-10-20(21(12-18)31(25,28)29)30-14-17-7-2-1-6-16(17)13-24/h1-10,12H,11,14H2,(H,26,27)(H2,25,28,29). The SMILES string of the molecule is N#Cc1ccccc1COc1ccc(NC(=O)Cc2ccccc2Cl)cc1S(N)(=O)=O. The van der Waals surface area contributed by atoms with Crippen molar-refractivity contribution in [2.45, 2.75) is 17.9 Å². The highest BCUT2D eigenvalue weighted by Crippen LogP contribution is 2.28. The van der Waals surface area contributed by atoms with Gasteiger partial charge >= 0.3 is 0 Å². The third-order valence-electron chi connectivity index (χ3n) is 4.36. The van der Waals surface area contributed by atoms with Crippen molar-refractivity contribution in [2.75, 3.05) is 5.32 Å². The van der Waals surface area contributed by atoms with Crippen LogP contribution in [-0.4, -0.2) is 14.3 Å². The summed E-state index contributed by atoms with van der Waals surface area (Å²) in [5.41, 5.74) is 1.90. The summed E-state index contributed by atoms with van der Waals surface area (Å²) in [6.07, 6.45) is 0.0214. The summed E-state index contributed by atoms with van der Waals surface area (Å²) in [4.78, 5) is 12.1. The molecule has 0 aliphatic rings. The van der Waals surface area contributed by atoms with Crippen molar-refractivity contribution in [2.24, 2.45) is 5.14 Å². The molecule has 0 aliphatic heterocycles. The molecule has 0 aromatic heterocycles. The van der Waals surface area contributed by atoms with Gasteiger partial charge in [0.1, 0.15) is 17.3 Å². The Morgan fingerprint density at radius 3 is 2.42 bits per heavy atom. The second-order valence-electron chi connectivity index (χ2n) is 6.58. The molecule has 0 atom stereocenters. The number of primary sulfonamides is 1. The van der Waals surface area contributed by atoms with Gasteiger partial charge in [-0.05, 0) is 35.9 Å². The van der Waals surface area contributed by atoms with Crippen LogP contribution in [0.1, 0.15) is 16.7 Å². The molecule has 3 rings (SSSR count). The molecule has 0 heterocycles. The van der Waals surface area contributed by atoms with Crippen molar-refractivity contribution in [3.05, 3.63) is 88.4 Å². The second kappa shape index (κ2) is 9.62. The van der Waals surface area contributed by atoms with Gasteiger partial charge in [-0.15, -0.1) is 0 Å². The van der Waals surface area contributed by atoms with Crippen LogP contribution < -0.4 is 15.2 Å². The Labute approximate surface area is 185 Å². The molecule has 0 fully saturated rings. The van der Waals surface area contributed by atoms with E-state index >= 15 is 0 Å². The van der Waals surface area contributed by atoms with E-state index < -0.39 is 10.0 Å². The van der Waals surface area contributed by atoms with Gasteiger partial charge < -0.3 is 10.1 Å². The fraction of sp³-hybridized carbons (Fsp3) is 0.0909. The van der Waals surface area contributed by atoms with Gasteiger partial charge in [0.15, 0.2) is 0 Å². The van der Waals surface area contributed by atoms with E-state index in [2.05, 4.69) is 11.4 Å². The third kappa shape index (κ3) is 5.83. The van der Waals surface area contributed by atoms with Crippen molar-refractivity contribution in [3.63, 3.8) is 0 Å². The summed E-state index contributed by atoms with van der Waals surface area (Å²) in [6.45, 7) is -0.0233. The molecule has 0 unspecified atom stereocenters. The number of hydrogen-bond donors (Lipinski definition) is 2. The molecular formula is C22H18ClN3O4S. The molecule has 0 radical (unpaired) electrons. The fourth-order valence-electron chi connectivity index (χ4n) is 2.86. The van der Waals surface area contributed by atoms with Gasteiger partial charge in [-0.2, -0.15) is 5.26 Å². The van der Waals surface area contributed by atoms with Crippen molar-refractivity contribution in [1.82, 2.24) is 0 Å². The maximum Gasteiger partial charge on any atom is 0.241 e. The van der Waals surface area contributed by atoms with Gasteiger partial charge in [-0.25, -0.2) is 13.6 Å². The maximum absolute atomic E-state index is 12.3. The molecule has 158 valence electrons. The van der Waals surface area contributed by atoms with E-state index in [4.69, 9.17) is 21.5 Å². The smallest absolute Gasteiger partial charge is 0.241 e. The van der Waals surface area contributed by atoms with Gasteiger partial charge in [0.2, 0.25) is 15.9 Å². The number of halogens is 1. The molecule has 31 heavy (non-hydrogen) atoms. The zero-order valence-electron chi connectivity index (χ0n) is 16.2. The summed E-state index contributed by atoms with van der Waals surface area (Å²) in [6, 6.07) is 19.9. The van der Waals surface area contributed by atoms with Crippen LogP contribution in [0.15, 0.2) is 71.6 Å². The van der Waals surface area contributed by atoms with Crippen LogP contribution in [0.5, 0.6) is 5.75 Å². The highest BCUT2D eigenvalue weighted by Gasteiger charge is 2.18. The fourth-order valence-corrected chi connectivity index (χ4v) is 3.76. The lowest BCUT2D eigenvalue weighted by Crippen LogP contribution is -2.17. The zero-order chi connectivity index (χ0) is 22.4. The first-order chi connectivity index (χ1) is 14.8. The van der Waals surface area contributed by atoms with Gasteiger partial charge in [-0.1, -0.05) is 48.0 Å². The molecule has 3 aromatic carbocycles. The Morgan fingerprint density at radius 2 is 1.74 bits per heavy atom. The lowest BCUT2D eigenvalue weighted by Gasteiger charge is -2.13. The van der Waals surface area contributed by atoms with E-state index in [1.807, 2.05) is 0 Å². The molecule has 0 saturated heterocycles. The van der Waals surface area contributed by atoms with E-state index in [1.54, 1.807) is 48.5 Å². The van der Waals surface area contributed by atoms with Crippen LogP contribution in [0, 0.1) is 11.3 Å². The Hall–Kier alpha value is -3.38. The molecule has 0 saturated carbocycles. The summed E-state index contributed by atoms with van der Waals surface area (Å²) in [5.74, 6) is -0.357. The predicted octanol–water partition coefficient (Wildman–Crippen LogP) is 3.62. The van der Waals surface area contributed by atoms with Gasteiger partial charge in [0.05, 0.1) is 18.1 Å². The zero-order valence-corrected chi connectivity index (χ0v) is 17.8. The number of benzene rings is 3. The maximum atomic E-state index is 12.3. The number of nitriles is 1. The molecule has 0 bridgehead atoms. The number of nitrogens with zero attached hydrogens (tertiary/aromatic N) is 1. The molecular weight excluding hydrogens is 438 g/mol. The molecule has 9 heteroatoms. The van der Waals surface area contributed by atoms with E-state index in [9.17, 15) is 18.5 Å². The highest BCUT2D eigenvalue weighted by molar-refractivity contribution is 7.89. The third-order valence-corrected chi connectivity index (χ3v) is 5.66. The topological polar surface area (TPSA) is 122 Å². The van der Waals surface area contributed by atoms with Crippen LogP contribution in [0.3, 0.4) is 0 Å². The minimum atomic E-state index is -4.14. The van der Waals surface area contributed by atoms with Gasteiger partial charge in [-0.3, -0.25) is 4.79 Å². The number of carbonyl (C=O) groups excluding carboxylic acids is 1. The quantitative estimate of drug-likeness (QED) is 0.563. The Bertz CT molecular complexity index is 1270. The van der Waals surface area contributed by atoms with Crippen molar-refractivity contribution >= 4 is 33.2 Å². The number of nitrogens with one attached hydrogen (secondary N) is 1. The average molecular weight is 456 g/mol. The summed E-state index contributed by atoms with van der Waals surface area (Å²) < 4.78 is 29.8. The molecule has 1 amide bonds. The Kier molecular flexibility index (Phi) is 6.92. The molecule has 0 spiro atoms. The highest BCUT2D eigenvalue weighted by atomic mass is 35.5. The number of amides is 1. The predicted molar refractivity (Wildman–Crippen MR) is 117 cm³/mol. The monoisotopic (exact) mass is 455 g/mol. The van der Waals surface area contributed by atoms with Crippen LogP contribution in [0.2, 0.25) is 5.02 Å². The number of ether oxygens (including phenoxy) is 1. The van der Waals surface area contributed by atoms with E-state index in [0.717, 1.165) is 0 Å². The van der Waals surface area contributed by atoms with Crippen molar-refractivity contribution in [1.29, 1.82) is 5.26 Å². The Balaban J connectivity index is 1.79. The first kappa shape index (κ1) is 22.3. The number of hydrogen-bond acceptors (Lipinski definition) is 5. The van der Waals surface area contributed by atoms with Crippen LogP contribution in [0.25, 0.3) is 0 Å². The lowest BCUT2D eigenvalue weighted by molar-refractivity contribution is -0.115. The molecule has 7 nitrogen and oxygen atoms in total. The number of carbonyl (C=O) groups is 1. The van der Waals surface area contributed by atoms with E-state index in [1.165, 1.54) is 18.2 Å². The van der Waals surface area contributed by atoms with Gasteiger partial charge in [0, 0.05) is 16.3 Å². The van der Waals surface area contributed by atoms with Crippen molar-refractivity contribution < 1.29 is 17.9 Å². The van der Waals surface area contributed by atoms with Crippen LogP contribution in [0.4, 0.5) is 5.69 Å². The van der Waals surface area contributed by atoms with E-state index in [0.29, 0.717) is 21.7 Å². The second-order valence-corrected chi connectivity index (χ2v) is 8.52. The van der Waals surface area contributed by atoms with Crippen molar-refractivity contribution in [3.8, 4) is 11.8 Å². The van der Waals surface area contributed by atoms with Crippen LogP contribution >= 0.6 is 11.6 Å². The first-order valence-electron chi connectivity index (χ1n) is 9.09. The van der Waals surface area contributed by atoms with Gasteiger partial charge in [0.25, 0.3) is 0 Å². The number of rotatable bonds is 7.